The van der Waals surface area contributed by atoms with E-state index >= 15 is 0 Å². The fourth-order valence-corrected chi connectivity index (χ4v) is 4.53. The molecule has 5 rings (SSSR count). The van der Waals surface area contributed by atoms with Crippen LogP contribution in [0, 0.1) is 20.8 Å². The van der Waals surface area contributed by atoms with Crippen LogP contribution in [0.2, 0.25) is 0 Å². The quantitative estimate of drug-likeness (QED) is 0.442. The number of rotatable bonds is 3. The third-order valence-corrected chi connectivity index (χ3v) is 6.62. The van der Waals surface area contributed by atoms with Crippen LogP contribution in [0.5, 0.6) is 0 Å². The SMILES string of the molecule is Cc1cccc(-c2ccc3c(NC(=O)N4CCN(c5cccc(C)c5C)CC4)n[nH]c3c2)c1. The Morgan fingerprint density at radius 1 is 0.909 bits per heavy atom. The molecule has 0 spiro atoms. The van der Waals surface area contributed by atoms with Gasteiger partial charge < -0.3 is 9.80 Å². The third kappa shape index (κ3) is 4.16. The van der Waals surface area contributed by atoms with E-state index in [1.165, 1.54) is 27.9 Å². The summed E-state index contributed by atoms with van der Waals surface area (Å²) in [5.41, 5.74) is 8.28. The predicted octanol–water partition coefficient (Wildman–Crippen LogP) is 5.51. The summed E-state index contributed by atoms with van der Waals surface area (Å²) in [6.45, 7) is 9.39. The molecule has 1 aliphatic rings. The number of aromatic nitrogens is 2. The molecule has 1 aromatic heterocycles. The summed E-state index contributed by atoms with van der Waals surface area (Å²) in [7, 11) is 0. The lowest BCUT2D eigenvalue weighted by Crippen LogP contribution is -2.50. The van der Waals surface area contributed by atoms with Gasteiger partial charge in [-0.2, -0.15) is 5.10 Å². The Bertz CT molecular complexity index is 1320. The highest BCUT2D eigenvalue weighted by Crippen LogP contribution is 2.28. The first-order valence-corrected chi connectivity index (χ1v) is 11.4. The van der Waals surface area contributed by atoms with E-state index < -0.39 is 0 Å². The van der Waals surface area contributed by atoms with E-state index in [9.17, 15) is 4.79 Å². The average molecular weight is 440 g/mol. The first kappa shape index (κ1) is 21.1. The number of amides is 2. The molecule has 0 bridgehead atoms. The minimum absolute atomic E-state index is 0.105. The highest BCUT2D eigenvalue weighted by atomic mass is 16.2. The second-order valence-corrected chi connectivity index (χ2v) is 8.83. The molecule has 6 nitrogen and oxygen atoms in total. The number of urea groups is 1. The van der Waals surface area contributed by atoms with Gasteiger partial charge >= 0.3 is 6.03 Å². The molecule has 0 atom stereocenters. The molecule has 33 heavy (non-hydrogen) atoms. The zero-order valence-electron chi connectivity index (χ0n) is 19.4. The molecule has 1 fully saturated rings. The highest BCUT2D eigenvalue weighted by molar-refractivity contribution is 6.00. The van der Waals surface area contributed by atoms with Gasteiger partial charge in [-0.1, -0.05) is 48.0 Å². The maximum atomic E-state index is 12.9. The summed E-state index contributed by atoms with van der Waals surface area (Å²) in [4.78, 5) is 17.2. The highest BCUT2D eigenvalue weighted by Gasteiger charge is 2.23. The number of carbonyl (C=O) groups is 1. The van der Waals surface area contributed by atoms with Crippen LogP contribution < -0.4 is 10.2 Å². The Hall–Kier alpha value is -3.80. The molecule has 168 valence electrons. The fourth-order valence-electron chi connectivity index (χ4n) is 4.53. The number of H-pyrrole nitrogens is 1. The average Bonchev–Trinajstić information content (AvgIpc) is 3.23. The molecule has 1 aliphatic heterocycles. The van der Waals surface area contributed by atoms with Crippen molar-refractivity contribution in [3.8, 4) is 11.1 Å². The van der Waals surface area contributed by atoms with Gasteiger partial charge in [-0.05, 0) is 61.2 Å². The number of aromatic amines is 1. The molecule has 0 unspecified atom stereocenters. The van der Waals surface area contributed by atoms with Crippen LogP contribution in [-0.4, -0.2) is 47.3 Å². The van der Waals surface area contributed by atoms with E-state index in [1.807, 2.05) is 11.0 Å². The Balaban J connectivity index is 1.26. The number of benzene rings is 3. The minimum atomic E-state index is -0.105. The molecule has 6 heteroatoms. The van der Waals surface area contributed by atoms with Crippen molar-refractivity contribution in [3.05, 3.63) is 77.4 Å². The fraction of sp³-hybridized carbons (Fsp3) is 0.259. The van der Waals surface area contributed by atoms with E-state index in [2.05, 4.69) is 95.8 Å². The zero-order valence-corrected chi connectivity index (χ0v) is 19.4. The van der Waals surface area contributed by atoms with Gasteiger partial charge in [-0.15, -0.1) is 0 Å². The molecular formula is C27H29N5O. The van der Waals surface area contributed by atoms with E-state index in [0.29, 0.717) is 18.9 Å². The number of carbonyl (C=O) groups excluding carboxylic acids is 1. The van der Waals surface area contributed by atoms with Crippen molar-refractivity contribution >= 4 is 28.4 Å². The maximum Gasteiger partial charge on any atom is 0.323 e. The van der Waals surface area contributed by atoms with Crippen LogP contribution in [0.4, 0.5) is 16.3 Å². The van der Waals surface area contributed by atoms with E-state index in [0.717, 1.165) is 29.6 Å². The molecule has 2 heterocycles. The van der Waals surface area contributed by atoms with Crippen LogP contribution >= 0.6 is 0 Å². The molecule has 3 aromatic carbocycles. The van der Waals surface area contributed by atoms with Gasteiger partial charge in [0.15, 0.2) is 5.82 Å². The molecule has 2 N–H and O–H groups in total. The van der Waals surface area contributed by atoms with Crippen molar-refractivity contribution in [2.75, 3.05) is 36.4 Å². The van der Waals surface area contributed by atoms with Gasteiger partial charge in [0.2, 0.25) is 0 Å². The number of hydrogen-bond acceptors (Lipinski definition) is 3. The summed E-state index contributed by atoms with van der Waals surface area (Å²) < 4.78 is 0. The van der Waals surface area contributed by atoms with Crippen molar-refractivity contribution in [1.29, 1.82) is 0 Å². The molecular weight excluding hydrogens is 410 g/mol. The van der Waals surface area contributed by atoms with Gasteiger partial charge in [-0.3, -0.25) is 10.4 Å². The first-order valence-electron chi connectivity index (χ1n) is 11.4. The molecule has 0 radical (unpaired) electrons. The Morgan fingerprint density at radius 3 is 2.45 bits per heavy atom. The largest absolute Gasteiger partial charge is 0.368 e. The number of hydrogen-bond donors (Lipinski definition) is 2. The summed E-state index contributed by atoms with van der Waals surface area (Å²) in [5.74, 6) is 0.572. The molecule has 0 saturated carbocycles. The van der Waals surface area contributed by atoms with Crippen LogP contribution in [-0.2, 0) is 0 Å². The molecule has 1 saturated heterocycles. The number of anilines is 2. The van der Waals surface area contributed by atoms with Crippen molar-refractivity contribution in [2.45, 2.75) is 20.8 Å². The standard InChI is InChI=1S/C27H29N5O/c1-18-6-4-8-21(16-18)22-10-11-23-24(17-22)29-30-26(23)28-27(33)32-14-12-31(13-15-32)25-9-5-7-19(2)20(25)3/h4-11,16-17H,12-15H2,1-3H3,(H2,28,29,30,33). The molecule has 4 aromatic rings. The molecule has 0 aliphatic carbocycles. The van der Waals surface area contributed by atoms with Crippen molar-refractivity contribution in [3.63, 3.8) is 0 Å². The zero-order chi connectivity index (χ0) is 22.9. The van der Waals surface area contributed by atoms with Gasteiger partial charge in [0, 0.05) is 37.3 Å². The Labute approximate surface area is 194 Å². The number of nitrogens with zero attached hydrogens (tertiary/aromatic N) is 3. The normalized spacial score (nSPS) is 14.0. The van der Waals surface area contributed by atoms with E-state index in [4.69, 9.17) is 0 Å². The van der Waals surface area contributed by atoms with Gasteiger partial charge in [0.1, 0.15) is 0 Å². The van der Waals surface area contributed by atoms with Gasteiger partial charge in [-0.25, -0.2) is 4.79 Å². The first-order chi connectivity index (χ1) is 16.0. The predicted molar refractivity (Wildman–Crippen MR) is 135 cm³/mol. The summed E-state index contributed by atoms with van der Waals surface area (Å²) in [5, 5.41) is 11.4. The topological polar surface area (TPSA) is 64.3 Å². The monoisotopic (exact) mass is 439 g/mol. The number of piperazine rings is 1. The number of nitrogens with one attached hydrogen (secondary N) is 2. The minimum Gasteiger partial charge on any atom is -0.368 e. The van der Waals surface area contributed by atoms with Crippen LogP contribution in [0.25, 0.3) is 22.0 Å². The third-order valence-electron chi connectivity index (χ3n) is 6.62. The van der Waals surface area contributed by atoms with Crippen molar-refractivity contribution < 1.29 is 4.79 Å². The lowest BCUT2D eigenvalue weighted by Gasteiger charge is -2.36. The summed E-state index contributed by atoms with van der Waals surface area (Å²) >= 11 is 0. The second kappa shape index (κ2) is 8.62. The van der Waals surface area contributed by atoms with Crippen LogP contribution in [0.15, 0.2) is 60.7 Å². The number of aryl methyl sites for hydroxylation is 2. The summed E-state index contributed by atoms with van der Waals surface area (Å²) in [6.07, 6.45) is 0. The van der Waals surface area contributed by atoms with E-state index in [1.54, 1.807) is 0 Å². The van der Waals surface area contributed by atoms with Crippen LogP contribution in [0.1, 0.15) is 16.7 Å². The number of fused-ring (bicyclic) bond motifs is 1. The van der Waals surface area contributed by atoms with Crippen molar-refractivity contribution in [1.82, 2.24) is 15.1 Å². The van der Waals surface area contributed by atoms with Crippen LogP contribution in [0.3, 0.4) is 0 Å². The Kier molecular flexibility index (Phi) is 5.50. The lowest BCUT2D eigenvalue weighted by molar-refractivity contribution is 0.208. The van der Waals surface area contributed by atoms with Gasteiger partial charge in [0.25, 0.3) is 0 Å². The summed E-state index contributed by atoms with van der Waals surface area (Å²) in [6, 6.07) is 20.9. The lowest BCUT2D eigenvalue weighted by atomic mass is 10.0. The van der Waals surface area contributed by atoms with Gasteiger partial charge in [0.05, 0.1) is 5.52 Å². The smallest absolute Gasteiger partial charge is 0.323 e. The molecule has 2 amide bonds. The van der Waals surface area contributed by atoms with Crippen molar-refractivity contribution in [2.24, 2.45) is 0 Å². The second-order valence-electron chi connectivity index (χ2n) is 8.83. The maximum absolute atomic E-state index is 12.9. The van der Waals surface area contributed by atoms with E-state index in [-0.39, 0.29) is 6.03 Å². The Morgan fingerprint density at radius 2 is 1.67 bits per heavy atom.